The number of nitrogens with one attached hydrogen (secondary N) is 1. The molecule has 3 rings (SSSR count). The predicted octanol–water partition coefficient (Wildman–Crippen LogP) is 3.83. The highest BCUT2D eigenvalue weighted by atomic mass is 35.5. The molecular formula is C16H16ClF3N2O2. The molecule has 1 aliphatic rings. The lowest BCUT2D eigenvalue weighted by Gasteiger charge is -2.34. The van der Waals surface area contributed by atoms with E-state index in [0.29, 0.717) is 0 Å². The van der Waals surface area contributed by atoms with Crippen LogP contribution in [0.5, 0.6) is 5.75 Å². The van der Waals surface area contributed by atoms with Crippen LogP contribution in [0.2, 0.25) is 5.02 Å². The van der Waals surface area contributed by atoms with Crippen molar-refractivity contribution in [1.29, 1.82) is 0 Å². The van der Waals surface area contributed by atoms with Crippen molar-refractivity contribution in [3.05, 3.63) is 52.9 Å². The summed E-state index contributed by atoms with van der Waals surface area (Å²) in [4.78, 5) is 2.20. The fourth-order valence-corrected chi connectivity index (χ4v) is 3.06. The Morgan fingerprint density at radius 1 is 1.21 bits per heavy atom. The van der Waals surface area contributed by atoms with Gasteiger partial charge in [0.1, 0.15) is 11.5 Å². The maximum Gasteiger partial charge on any atom is 0.573 e. The minimum Gasteiger partial charge on any atom is -0.467 e. The Morgan fingerprint density at radius 3 is 2.54 bits per heavy atom. The van der Waals surface area contributed by atoms with E-state index in [2.05, 4.69) is 15.0 Å². The van der Waals surface area contributed by atoms with Gasteiger partial charge in [0.25, 0.3) is 0 Å². The number of alkyl halides is 3. The minimum atomic E-state index is -4.77. The number of rotatable bonds is 4. The summed E-state index contributed by atoms with van der Waals surface area (Å²) in [5.74, 6) is 0.309. The van der Waals surface area contributed by atoms with Crippen molar-refractivity contribution in [1.82, 2.24) is 10.2 Å². The summed E-state index contributed by atoms with van der Waals surface area (Å²) in [6.07, 6.45) is -3.20. The van der Waals surface area contributed by atoms with Gasteiger partial charge in [-0.3, -0.25) is 4.90 Å². The van der Waals surface area contributed by atoms with Gasteiger partial charge in [-0.05, 0) is 29.8 Å². The van der Waals surface area contributed by atoms with E-state index in [-0.39, 0.29) is 11.1 Å². The third-order valence-corrected chi connectivity index (χ3v) is 4.12. The van der Waals surface area contributed by atoms with Crippen molar-refractivity contribution in [3.8, 4) is 5.75 Å². The van der Waals surface area contributed by atoms with Gasteiger partial charge in [-0.1, -0.05) is 17.7 Å². The van der Waals surface area contributed by atoms with Crippen LogP contribution < -0.4 is 10.1 Å². The highest BCUT2D eigenvalue weighted by Gasteiger charge is 2.33. The molecule has 1 N–H and O–H groups in total. The number of hydrogen-bond donors (Lipinski definition) is 1. The quantitative estimate of drug-likeness (QED) is 0.899. The molecule has 0 radical (unpaired) electrons. The van der Waals surface area contributed by atoms with Gasteiger partial charge in [0.05, 0.1) is 17.3 Å². The molecular weight excluding hydrogens is 345 g/mol. The molecule has 2 heterocycles. The predicted molar refractivity (Wildman–Crippen MR) is 83.1 cm³/mol. The van der Waals surface area contributed by atoms with E-state index >= 15 is 0 Å². The first kappa shape index (κ1) is 17.1. The maximum absolute atomic E-state index is 12.4. The molecule has 1 atom stereocenters. The molecule has 130 valence electrons. The van der Waals surface area contributed by atoms with Gasteiger partial charge in [0.15, 0.2) is 0 Å². The van der Waals surface area contributed by atoms with Crippen LogP contribution in [-0.2, 0) is 0 Å². The van der Waals surface area contributed by atoms with Gasteiger partial charge in [-0.25, -0.2) is 0 Å². The van der Waals surface area contributed by atoms with Gasteiger partial charge in [-0.2, -0.15) is 0 Å². The van der Waals surface area contributed by atoms with Crippen LogP contribution in [0.25, 0.3) is 0 Å². The first-order chi connectivity index (χ1) is 11.4. The SMILES string of the molecule is FC(F)(F)Oc1ccc([C@H](c2ccco2)N2CCNCC2)cc1Cl. The van der Waals surface area contributed by atoms with Crippen LogP contribution in [0.1, 0.15) is 17.4 Å². The first-order valence-electron chi connectivity index (χ1n) is 7.47. The van der Waals surface area contributed by atoms with Gasteiger partial charge in [-0.15, -0.1) is 13.2 Å². The molecule has 8 heteroatoms. The number of piperazine rings is 1. The lowest BCUT2D eigenvalue weighted by Crippen LogP contribution is -2.45. The molecule has 1 aliphatic heterocycles. The summed E-state index contributed by atoms with van der Waals surface area (Å²) in [5, 5.41) is 3.18. The average Bonchev–Trinajstić information content (AvgIpc) is 3.04. The topological polar surface area (TPSA) is 37.6 Å². The smallest absolute Gasteiger partial charge is 0.467 e. The van der Waals surface area contributed by atoms with Crippen LogP contribution in [-0.4, -0.2) is 37.4 Å². The van der Waals surface area contributed by atoms with E-state index in [1.165, 1.54) is 12.1 Å². The lowest BCUT2D eigenvalue weighted by molar-refractivity contribution is -0.274. The molecule has 4 nitrogen and oxygen atoms in total. The van der Waals surface area contributed by atoms with Crippen LogP contribution >= 0.6 is 11.6 Å². The van der Waals surface area contributed by atoms with E-state index in [1.807, 2.05) is 6.07 Å². The lowest BCUT2D eigenvalue weighted by atomic mass is 10.0. The highest BCUT2D eigenvalue weighted by Crippen LogP contribution is 2.36. The largest absolute Gasteiger partial charge is 0.573 e. The standard InChI is InChI=1S/C16H16ClF3N2O2/c17-12-10-11(3-4-13(12)24-16(18,19)20)15(14-2-1-9-23-14)22-7-5-21-6-8-22/h1-4,9-10,15,21H,5-8H2/t15-/m1/s1. The minimum absolute atomic E-state index is 0.0866. The molecule has 0 bridgehead atoms. The van der Waals surface area contributed by atoms with Crippen molar-refractivity contribution in [2.24, 2.45) is 0 Å². The van der Waals surface area contributed by atoms with E-state index in [1.54, 1.807) is 18.4 Å². The van der Waals surface area contributed by atoms with Crippen LogP contribution in [0, 0.1) is 0 Å². The number of benzene rings is 1. The van der Waals surface area contributed by atoms with E-state index in [9.17, 15) is 13.2 Å². The summed E-state index contributed by atoms with van der Waals surface area (Å²) >= 11 is 5.99. The van der Waals surface area contributed by atoms with Crippen molar-refractivity contribution in [2.75, 3.05) is 26.2 Å². The summed E-state index contributed by atoms with van der Waals surface area (Å²) in [6, 6.07) is 7.75. The molecule has 1 saturated heterocycles. The highest BCUT2D eigenvalue weighted by molar-refractivity contribution is 6.32. The average molecular weight is 361 g/mol. The van der Waals surface area contributed by atoms with Gasteiger partial charge in [0.2, 0.25) is 0 Å². The molecule has 0 aliphatic carbocycles. The van der Waals surface area contributed by atoms with Crippen molar-refractivity contribution < 1.29 is 22.3 Å². The Labute approximate surface area is 142 Å². The number of ether oxygens (including phenoxy) is 1. The van der Waals surface area contributed by atoms with E-state index < -0.39 is 12.1 Å². The van der Waals surface area contributed by atoms with Crippen molar-refractivity contribution >= 4 is 11.6 Å². The summed E-state index contributed by atoms with van der Waals surface area (Å²) < 4.78 is 46.6. The van der Waals surface area contributed by atoms with Crippen LogP contribution in [0.15, 0.2) is 41.0 Å². The van der Waals surface area contributed by atoms with Crippen LogP contribution in [0.3, 0.4) is 0 Å². The summed E-state index contributed by atoms with van der Waals surface area (Å²) in [6.45, 7) is 3.26. The molecule has 0 unspecified atom stereocenters. The first-order valence-corrected chi connectivity index (χ1v) is 7.85. The third kappa shape index (κ3) is 4.03. The molecule has 0 saturated carbocycles. The molecule has 1 fully saturated rings. The Kier molecular flexibility index (Phi) is 5.03. The number of furan rings is 1. The second-order valence-electron chi connectivity index (χ2n) is 5.44. The van der Waals surface area contributed by atoms with Gasteiger partial charge in [0, 0.05) is 26.2 Å². The van der Waals surface area contributed by atoms with Crippen LogP contribution in [0.4, 0.5) is 13.2 Å². The number of hydrogen-bond acceptors (Lipinski definition) is 4. The fourth-order valence-electron chi connectivity index (χ4n) is 2.84. The second kappa shape index (κ2) is 7.04. The zero-order chi connectivity index (χ0) is 17.2. The monoisotopic (exact) mass is 360 g/mol. The zero-order valence-electron chi connectivity index (χ0n) is 12.6. The second-order valence-corrected chi connectivity index (χ2v) is 5.85. The summed E-state index contributed by atoms with van der Waals surface area (Å²) in [5.41, 5.74) is 0.756. The van der Waals surface area contributed by atoms with Crippen molar-refractivity contribution in [3.63, 3.8) is 0 Å². The van der Waals surface area contributed by atoms with E-state index in [4.69, 9.17) is 16.0 Å². The Balaban J connectivity index is 1.91. The Hall–Kier alpha value is -1.70. The number of halogens is 4. The maximum atomic E-state index is 12.4. The Morgan fingerprint density at radius 2 is 1.96 bits per heavy atom. The third-order valence-electron chi connectivity index (χ3n) is 3.83. The molecule has 2 aromatic rings. The fraction of sp³-hybridized carbons (Fsp3) is 0.375. The van der Waals surface area contributed by atoms with E-state index in [0.717, 1.165) is 37.5 Å². The zero-order valence-corrected chi connectivity index (χ0v) is 13.4. The molecule has 1 aromatic heterocycles. The number of nitrogens with zero attached hydrogens (tertiary/aromatic N) is 1. The molecule has 0 amide bonds. The molecule has 1 aromatic carbocycles. The van der Waals surface area contributed by atoms with Gasteiger partial charge >= 0.3 is 6.36 Å². The molecule has 24 heavy (non-hydrogen) atoms. The van der Waals surface area contributed by atoms with Gasteiger partial charge < -0.3 is 14.5 Å². The van der Waals surface area contributed by atoms with Crippen molar-refractivity contribution in [2.45, 2.75) is 12.4 Å². The Bertz CT molecular complexity index is 670. The normalized spacial score (nSPS) is 17.7. The summed E-state index contributed by atoms with van der Waals surface area (Å²) in [7, 11) is 0. The molecule has 0 spiro atoms.